The van der Waals surface area contributed by atoms with Crippen LogP contribution >= 0.6 is 15.9 Å². The maximum absolute atomic E-state index is 12.0. The maximum Gasteiger partial charge on any atom is 0.223 e. The standard InChI is InChI=1S/C15H20BrNO/c1-11(6-5-9-16)17-15(18)14-10-13(14)12-7-3-2-4-8-12/h2-4,7-8,11,13-14H,5-6,9-10H2,1H3,(H,17,18). The molecule has 0 spiro atoms. The number of alkyl halides is 1. The Kier molecular flexibility index (Phi) is 4.81. The van der Waals surface area contributed by atoms with E-state index < -0.39 is 0 Å². The van der Waals surface area contributed by atoms with Gasteiger partial charge in [0.1, 0.15) is 0 Å². The number of carbonyl (C=O) groups is 1. The van der Waals surface area contributed by atoms with Crippen LogP contribution in [0.1, 0.15) is 37.7 Å². The molecule has 3 atom stereocenters. The van der Waals surface area contributed by atoms with Gasteiger partial charge < -0.3 is 5.32 Å². The minimum absolute atomic E-state index is 0.193. The van der Waals surface area contributed by atoms with Gasteiger partial charge >= 0.3 is 0 Å². The number of halogens is 1. The molecule has 1 aromatic rings. The molecule has 1 amide bonds. The number of amides is 1. The molecule has 0 heterocycles. The fourth-order valence-electron chi connectivity index (χ4n) is 2.36. The Morgan fingerprint density at radius 1 is 1.44 bits per heavy atom. The van der Waals surface area contributed by atoms with E-state index in [-0.39, 0.29) is 17.9 Å². The van der Waals surface area contributed by atoms with Crippen LogP contribution in [0.5, 0.6) is 0 Å². The number of benzene rings is 1. The van der Waals surface area contributed by atoms with Gasteiger partial charge in [-0.25, -0.2) is 0 Å². The van der Waals surface area contributed by atoms with E-state index in [9.17, 15) is 4.79 Å². The monoisotopic (exact) mass is 309 g/mol. The molecule has 0 radical (unpaired) electrons. The fraction of sp³-hybridized carbons (Fsp3) is 0.533. The molecular weight excluding hydrogens is 290 g/mol. The molecule has 1 N–H and O–H groups in total. The Labute approximate surface area is 117 Å². The van der Waals surface area contributed by atoms with Crippen molar-refractivity contribution in [1.29, 1.82) is 0 Å². The molecule has 1 saturated carbocycles. The smallest absolute Gasteiger partial charge is 0.223 e. The van der Waals surface area contributed by atoms with E-state index in [1.165, 1.54) is 5.56 Å². The summed E-state index contributed by atoms with van der Waals surface area (Å²) in [4.78, 5) is 12.0. The summed E-state index contributed by atoms with van der Waals surface area (Å²) in [6.07, 6.45) is 3.15. The average molecular weight is 310 g/mol. The van der Waals surface area contributed by atoms with E-state index in [0.29, 0.717) is 5.92 Å². The minimum Gasteiger partial charge on any atom is -0.353 e. The summed E-state index contributed by atoms with van der Waals surface area (Å²) in [6.45, 7) is 2.08. The van der Waals surface area contributed by atoms with Crippen molar-refractivity contribution in [2.45, 2.75) is 38.1 Å². The van der Waals surface area contributed by atoms with Gasteiger partial charge in [-0.15, -0.1) is 0 Å². The predicted octanol–water partition coefficient (Wildman–Crippen LogP) is 3.47. The molecule has 1 fully saturated rings. The molecule has 1 aromatic carbocycles. The van der Waals surface area contributed by atoms with Gasteiger partial charge in [-0.2, -0.15) is 0 Å². The molecule has 2 rings (SSSR count). The summed E-state index contributed by atoms with van der Waals surface area (Å²) in [6, 6.07) is 10.6. The van der Waals surface area contributed by atoms with Gasteiger partial charge in [0.25, 0.3) is 0 Å². The first-order valence-corrected chi connectivity index (χ1v) is 7.75. The molecule has 1 aliphatic rings. The third kappa shape index (κ3) is 3.58. The SMILES string of the molecule is CC(CCCBr)NC(=O)C1CC1c1ccccc1. The lowest BCUT2D eigenvalue weighted by atomic mass is 10.1. The van der Waals surface area contributed by atoms with Crippen LogP contribution in [0.25, 0.3) is 0 Å². The highest BCUT2D eigenvalue weighted by Crippen LogP contribution is 2.47. The van der Waals surface area contributed by atoms with E-state index in [0.717, 1.165) is 24.6 Å². The van der Waals surface area contributed by atoms with Crippen LogP contribution in [0.2, 0.25) is 0 Å². The molecule has 0 aromatic heterocycles. The lowest BCUT2D eigenvalue weighted by Crippen LogP contribution is -2.34. The van der Waals surface area contributed by atoms with Crippen molar-refractivity contribution in [3.63, 3.8) is 0 Å². The number of carbonyl (C=O) groups excluding carboxylic acids is 1. The molecule has 18 heavy (non-hydrogen) atoms. The van der Waals surface area contributed by atoms with Crippen LogP contribution in [0, 0.1) is 5.92 Å². The first kappa shape index (κ1) is 13.6. The van der Waals surface area contributed by atoms with E-state index in [1.807, 2.05) is 18.2 Å². The van der Waals surface area contributed by atoms with Gasteiger partial charge in [0.05, 0.1) is 0 Å². The predicted molar refractivity (Wildman–Crippen MR) is 77.9 cm³/mol. The quantitative estimate of drug-likeness (QED) is 0.801. The Morgan fingerprint density at radius 3 is 2.83 bits per heavy atom. The normalized spacial score (nSPS) is 23.4. The van der Waals surface area contributed by atoms with Crippen LogP contribution in [0.3, 0.4) is 0 Å². The average Bonchev–Trinajstić information content (AvgIpc) is 3.17. The number of hydrogen-bond acceptors (Lipinski definition) is 1. The maximum atomic E-state index is 12.0. The van der Waals surface area contributed by atoms with Crippen LogP contribution < -0.4 is 5.32 Å². The van der Waals surface area contributed by atoms with Crippen molar-refractivity contribution in [3.8, 4) is 0 Å². The highest BCUT2D eigenvalue weighted by atomic mass is 79.9. The zero-order valence-electron chi connectivity index (χ0n) is 10.7. The summed E-state index contributed by atoms with van der Waals surface area (Å²) < 4.78 is 0. The van der Waals surface area contributed by atoms with Crippen LogP contribution in [0.15, 0.2) is 30.3 Å². The highest BCUT2D eigenvalue weighted by molar-refractivity contribution is 9.09. The largest absolute Gasteiger partial charge is 0.353 e. The fourth-order valence-corrected chi connectivity index (χ4v) is 2.68. The van der Waals surface area contributed by atoms with Crippen molar-refractivity contribution in [3.05, 3.63) is 35.9 Å². The Hall–Kier alpha value is -0.830. The van der Waals surface area contributed by atoms with Crippen LogP contribution in [-0.4, -0.2) is 17.3 Å². The zero-order chi connectivity index (χ0) is 13.0. The first-order valence-electron chi connectivity index (χ1n) is 6.63. The lowest BCUT2D eigenvalue weighted by Gasteiger charge is -2.13. The molecule has 3 unspecified atom stereocenters. The molecular formula is C15H20BrNO. The molecule has 0 bridgehead atoms. The summed E-state index contributed by atoms with van der Waals surface area (Å²) in [5, 5.41) is 4.12. The van der Waals surface area contributed by atoms with Crippen molar-refractivity contribution < 1.29 is 4.79 Å². The minimum atomic E-state index is 0.193. The number of rotatable bonds is 6. The van der Waals surface area contributed by atoms with E-state index in [2.05, 4.69) is 40.3 Å². The van der Waals surface area contributed by atoms with Gasteiger partial charge in [-0.1, -0.05) is 46.3 Å². The molecule has 98 valence electrons. The zero-order valence-corrected chi connectivity index (χ0v) is 12.3. The number of hydrogen-bond donors (Lipinski definition) is 1. The van der Waals surface area contributed by atoms with Crippen molar-refractivity contribution in [1.82, 2.24) is 5.32 Å². The second-order valence-electron chi connectivity index (χ2n) is 5.10. The Bertz CT molecular complexity index is 393. The van der Waals surface area contributed by atoms with Crippen molar-refractivity contribution in [2.75, 3.05) is 5.33 Å². The molecule has 0 saturated heterocycles. The second kappa shape index (κ2) is 6.37. The summed E-state index contributed by atoms with van der Waals surface area (Å²) in [5.41, 5.74) is 1.30. The Balaban J connectivity index is 1.79. The first-order chi connectivity index (χ1) is 8.72. The van der Waals surface area contributed by atoms with Crippen LogP contribution in [0.4, 0.5) is 0 Å². The summed E-state index contributed by atoms with van der Waals surface area (Å²) in [5.74, 6) is 0.860. The van der Waals surface area contributed by atoms with Gasteiger partial charge in [0.2, 0.25) is 5.91 Å². The van der Waals surface area contributed by atoms with E-state index in [1.54, 1.807) is 0 Å². The summed E-state index contributed by atoms with van der Waals surface area (Å²) in [7, 11) is 0. The molecule has 3 heteroatoms. The van der Waals surface area contributed by atoms with Gasteiger partial charge in [-0.3, -0.25) is 4.79 Å². The number of nitrogens with one attached hydrogen (secondary N) is 1. The molecule has 1 aliphatic carbocycles. The van der Waals surface area contributed by atoms with Crippen LogP contribution in [-0.2, 0) is 4.79 Å². The Morgan fingerprint density at radius 2 is 2.17 bits per heavy atom. The highest BCUT2D eigenvalue weighted by Gasteiger charge is 2.43. The van der Waals surface area contributed by atoms with Gasteiger partial charge in [0, 0.05) is 17.3 Å². The van der Waals surface area contributed by atoms with Crippen molar-refractivity contribution in [2.24, 2.45) is 5.92 Å². The molecule has 2 nitrogen and oxygen atoms in total. The molecule has 0 aliphatic heterocycles. The third-order valence-electron chi connectivity index (χ3n) is 3.51. The topological polar surface area (TPSA) is 29.1 Å². The lowest BCUT2D eigenvalue weighted by molar-refractivity contribution is -0.123. The van der Waals surface area contributed by atoms with Crippen molar-refractivity contribution >= 4 is 21.8 Å². The second-order valence-corrected chi connectivity index (χ2v) is 5.89. The third-order valence-corrected chi connectivity index (χ3v) is 4.08. The van der Waals surface area contributed by atoms with E-state index >= 15 is 0 Å². The van der Waals surface area contributed by atoms with Gasteiger partial charge in [0.15, 0.2) is 0 Å². The van der Waals surface area contributed by atoms with Gasteiger partial charge in [-0.05, 0) is 37.7 Å². The summed E-state index contributed by atoms with van der Waals surface area (Å²) >= 11 is 3.41. The van der Waals surface area contributed by atoms with E-state index in [4.69, 9.17) is 0 Å².